The van der Waals surface area contributed by atoms with E-state index in [0.717, 1.165) is 31.5 Å². The van der Waals surface area contributed by atoms with Crippen molar-refractivity contribution in [2.24, 2.45) is 0 Å². The zero-order chi connectivity index (χ0) is 18.2. The molecule has 0 heterocycles. The standard InChI is InChI=1S/C22H33NO2/c1-2-3-4-5-6-7-8-9-10-11-12-13-14-18-23-21-17-15-16-20(19-21)22(24)25/h2,11-12,15-17,19,23H,1,3-10,13-14,18H2,(H,24,25). The van der Waals surface area contributed by atoms with E-state index in [9.17, 15) is 4.79 Å². The summed E-state index contributed by atoms with van der Waals surface area (Å²) in [5, 5.41) is 12.2. The Kier molecular flexibility index (Phi) is 12.0. The minimum absolute atomic E-state index is 0.325. The fourth-order valence-electron chi connectivity index (χ4n) is 2.71. The van der Waals surface area contributed by atoms with Crippen molar-refractivity contribution in [3.05, 3.63) is 54.6 Å². The zero-order valence-corrected chi connectivity index (χ0v) is 15.4. The number of anilines is 1. The third-order valence-electron chi connectivity index (χ3n) is 4.18. The average Bonchev–Trinajstić information content (AvgIpc) is 2.62. The summed E-state index contributed by atoms with van der Waals surface area (Å²) in [6.07, 6.45) is 19.0. The van der Waals surface area contributed by atoms with Gasteiger partial charge < -0.3 is 10.4 Å². The lowest BCUT2D eigenvalue weighted by Gasteiger charge is -2.06. The molecule has 1 aromatic rings. The predicted molar refractivity (Wildman–Crippen MR) is 107 cm³/mol. The van der Waals surface area contributed by atoms with E-state index in [0.29, 0.717) is 5.56 Å². The fourth-order valence-corrected chi connectivity index (χ4v) is 2.71. The minimum Gasteiger partial charge on any atom is -0.478 e. The second-order valence-corrected chi connectivity index (χ2v) is 6.41. The van der Waals surface area contributed by atoms with Crippen LogP contribution in [0.4, 0.5) is 5.69 Å². The molecule has 2 N–H and O–H groups in total. The molecule has 0 radical (unpaired) electrons. The smallest absolute Gasteiger partial charge is 0.335 e. The van der Waals surface area contributed by atoms with Gasteiger partial charge in [-0.3, -0.25) is 0 Å². The molecule has 0 fully saturated rings. The van der Waals surface area contributed by atoms with E-state index in [2.05, 4.69) is 24.0 Å². The Morgan fingerprint density at radius 3 is 2.28 bits per heavy atom. The minimum atomic E-state index is -0.886. The molecule has 138 valence electrons. The summed E-state index contributed by atoms with van der Waals surface area (Å²) in [6, 6.07) is 6.96. The molecule has 25 heavy (non-hydrogen) atoms. The maximum atomic E-state index is 10.9. The molecule has 1 rings (SSSR count). The summed E-state index contributed by atoms with van der Waals surface area (Å²) in [4.78, 5) is 10.9. The van der Waals surface area contributed by atoms with Gasteiger partial charge in [0.1, 0.15) is 0 Å². The molecule has 0 saturated carbocycles. The van der Waals surface area contributed by atoms with Crippen LogP contribution < -0.4 is 5.32 Å². The first-order valence-corrected chi connectivity index (χ1v) is 9.57. The monoisotopic (exact) mass is 343 g/mol. The van der Waals surface area contributed by atoms with E-state index >= 15 is 0 Å². The Labute approximate surface area is 152 Å². The van der Waals surface area contributed by atoms with Crippen LogP contribution in [-0.2, 0) is 0 Å². The normalized spacial score (nSPS) is 10.9. The van der Waals surface area contributed by atoms with Crippen LogP contribution in [0.15, 0.2) is 49.1 Å². The largest absolute Gasteiger partial charge is 0.478 e. The Morgan fingerprint density at radius 2 is 1.60 bits per heavy atom. The molecule has 1 aromatic carbocycles. The van der Waals surface area contributed by atoms with Crippen molar-refractivity contribution in [2.45, 2.75) is 64.2 Å². The van der Waals surface area contributed by atoms with Gasteiger partial charge in [0.05, 0.1) is 5.56 Å². The number of aromatic carboxylic acids is 1. The van der Waals surface area contributed by atoms with E-state index in [4.69, 9.17) is 5.11 Å². The lowest BCUT2D eigenvalue weighted by atomic mass is 10.1. The molecular formula is C22H33NO2. The van der Waals surface area contributed by atoms with Crippen LogP contribution in [-0.4, -0.2) is 17.6 Å². The number of carboxylic acids is 1. The molecule has 0 aliphatic rings. The third kappa shape index (κ3) is 11.2. The van der Waals surface area contributed by atoms with Gasteiger partial charge in [-0.05, 0) is 56.7 Å². The molecule has 0 aliphatic carbocycles. The van der Waals surface area contributed by atoms with Crippen LogP contribution in [0.3, 0.4) is 0 Å². The van der Waals surface area contributed by atoms with E-state index < -0.39 is 5.97 Å². The lowest BCUT2D eigenvalue weighted by molar-refractivity contribution is 0.0697. The van der Waals surface area contributed by atoms with Crippen molar-refractivity contribution in [3.63, 3.8) is 0 Å². The van der Waals surface area contributed by atoms with Crippen LogP contribution >= 0.6 is 0 Å². The van der Waals surface area contributed by atoms with Gasteiger partial charge in [0.2, 0.25) is 0 Å². The topological polar surface area (TPSA) is 49.3 Å². The number of nitrogens with one attached hydrogen (secondary N) is 1. The Balaban J connectivity index is 1.96. The maximum absolute atomic E-state index is 10.9. The van der Waals surface area contributed by atoms with Gasteiger partial charge in [-0.2, -0.15) is 0 Å². The Bertz CT molecular complexity index is 523. The van der Waals surface area contributed by atoms with Crippen molar-refractivity contribution < 1.29 is 9.90 Å². The number of unbranched alkanes of at least 4 members (excludes halogenated alkanes) is 8. The molecule has 0 aliphatic heterocycles. The summed E-state index contributed by atoms with van der Waals surface area (Å²) in [5.74, 6) is -0.886. The first-order valence-electron chi connectivity index (χ1n) is 9.57. The number of rotatable bonds is 15. The molecular weight excluding hydrogens is 310 g/mol. The highest BCUT2D eigenvalue weighted by atomic mass is 16.4. The van der Waals surface area contributed by atoms with Gasteiger partial charge in [0.25, 0.3) is 0 Å². The second-order valence-electron chi connectivity index (χ2n) is 6.41. The van der Waals surface area contributed by atoms with E-state index in [1.807, 2.05) is 12.1 Å². The quantitative estimate of drug-likeness (QED) is 0.284. The van der Waals surface area contributed by atoms with Gasteiger partial charge >= 0.3 is 5.97 Å². The molecule has 0 amide bonds. The van der Waals surface area contributed by atoms with E-state index in [1.54, 1.807) is 18.2 Å². The first-order chi connectivity index (χ1) is 12.2. The van der Waals surface area contributed by atoms with E-state index in [-0.39, 0.29) is 0 Å². The summed E-state index contributed by atoms with van der Waals surface area (Å²) in [6.45, 7) is 4.61. The Hall–Kier alpha value is -2.03. The number of hydrogen-bond acceptors (Lipinski definition) is 2. The van der Waals surface area contributed by atoms with Crippen LogP contribution in [0.5, 0.6) is 0 Å². The van der Waals surface area contributed by atoms with Crippen LogP contribution in [0.1, 0.15) is 74.6 Å². The predicted octanol–water partition coefficient (Wildman–Crippen LogP) is 6.44. The highest BCUT2D eigenvalue weighted by Crippen LogP contribution is 2.11. The maximum Gasteiger partial charge on any atom is 0.335 e. The highest BCUT2D eigenvalue weighted by Gasteiger charge is 2.02. The molecule has 0 saturated heterocycles. The van der Waals surface area contributed by atoms with E-state index in [1.165, 1.54) is 44.9 Å². The molecule has 3 nitrogen and oxygen atoms in total. The Morgan fingerprint density at radius 1 is 0.960 bits per heavy atom. The van der Waals surface area contributed by atoms with Crippen molar-refractivity contribution in [1.82, 2.24) is 0 Å². The summed E-state index contributed by atoms with van der Waals surface area (Å²) >= 11 is 0. The van der Waals surface area contributed by atoms with Crippen molar-refractivity contribution >= 4 is 11.7 Å². The zero-order valence-electron chi connectivity index (χ0n) is 15.4. The average molecular weight is 344 g/mol. The molecule has 0 aromatic heterocycles. The molecule has 0 spiro atoms. The van der Waals surface area contributed by atoms with Crippen molar-refractivity contribution in [2.75, 3.05) is 11.9 Å². The number of carboxylic acid groups (broad SMARTS) is 1. The van der Waals surface area contributed by atoms with Gasteiger partial charge in [-0.1, -0.05) is 50.0 Å². The third-order valence-corrected chi connectivity index (χ3v) is 4.18. The van der Waals surface area contributed by atoms with Crippen LogP contribution in [0, 0.1) is 0 Å². The summed E-state index contributed by atoms with van der Waals surface area (Å²) in [7, 11) is 0. The fraction of sp³-hybridized carbons (Fsp3) is 0.500. The SMILES string of the molecule is C=CCCCCCCCCC=CCCCNc1cccc(C(=O)O)c1. The van der Waals surface area contributed by atoms with Gasteiger partial charge in [-0.15, -0.1) is 6.58 Å². The lowest BCUT2D eigenvalue weighted by Crippen LogP contribution is -2.03. The van der Waals surface area contributed by atoms with Gasteiger partial charge in [0.15, 0.2) is 0 Å². The number of allylic oxidation sites excluding steroid dienone is 3. The van der Waals surface area contributed by atoms with Gasteiger partial charge in [-0.25, -0.2) is 4.79 Å². The molecule has 0 unspecified atom stereocenters. The highest BCUT2D eigenvalue weighted by molar-refractivity contribution is 5.88. The van der Waals surface area contributed by atoms with Crippen molar-refractivity contribution in [3.8, 4) is 0 Å². The number of hydrogen-bond donors (Lipinski definition) is 2. The number of benzene rings is 1. The van der Waals surface area contributed by atoms with Gasteiger partial charge in [0, 0.05) is 12.2 Å². The first kappa shape index (κ1) is 21.0. The molecule has 0 atom stereocenters. The molecule has 0 bridgehead atoms. The number of carbonyl (C=O) groups is 1. The van der Waals surface area contributed by atoms with Crippen LogP contribution in [0.25, 0.3) is 0 Å². The van der Waals surface area contributed by atoms with Crippen molar-refractivity contribution in [1.29, 1.82) is 0 Å². The summed E-state index contributed by atoms with van der Waals surface area (Å²) in [5.41, 5.74) is 1.20. The summed E-state index contributed by atoms with van der Waals surface area (Å²) < 4.78 is 0. The van der Waals surface area contributed by atoms with Crippen LogP contribution in [0.2, 0.25) is 0 Å². The second kappa shape index (κ2) is 14.3. The molecule has 3 heteroatoms.